The summed E-state index contributed by atoms with van der Waals surface area (Å²) in [7, 11) is 2.94. The van der Waals surface area contributed by atoms with E-state index in [2.05, 4.69) is 5.32 Å². The van der Waals surface area contributed by atoms with E-state index in [0.29, 0.717) is 17.1 Å². The van der Waals surface area contributed by atoms with Gasteiger partial charge in [0.25, 0.3) is 0 Å². The number of benzene rings is 1. The molecule has 102 valence electrons. The lowest BCUT2D eigenvalue weighted by atomic mass is 10.1. The van der Waals surface area contributed by atoms with Crippen LogP contribution < -0.4 is 14.8 Å². The van der Waals surface area contributed by atoms with E-state index in [1.165, 1.54) is 27.2 Å². The molecular weight excluding hydrogens is 250 g/mol. The Labute approximate surface area is 110 Å². The van der Waals surface area contributed by atoms with Gasteiger partial charge in [-0.1, -0.05) is 12.1 Å². The van der Waals surface area contributed by atoms with Gasteiger partial charge < -0.3 is 19.9 Å². The summed E-state index contributed by atoms with van der Waals surface area (Å²) in [6, 6.07) is 5.04. The number of amides is 1. The number of ether oxygens (including phenoxy) is 2. The second-order valence-electron chi connectivity index (χ2n) is 3.63. The van der Waals surface area contributed by atoms with E-state index in [4.69, 9.17) is 14.6 Å². The first-order valence-electron chi connectivity index (χ1n) is 5.43. The van der Waals surface area contributed by atoms with Crippen molar-refractivity contribution in [3.05, 3.63) is 29.5 Å². The molecule has 0 aromatic heterocycles. The molecule has 0 atom stereocenters. The number of carboxylic acids is 1. The third-order valence-electron chi connectivity index (χ3n) is 2.27. The Morgan fingerprint density at radius 2 is 1.95 bits per heavy atom. The zero-order chi connectivity index (χ0) is 14.4. The molecule has 0 aliphatic rings. The van der Waals surface area contributed by atoms with E-state index in [-0.39, 0.29) is 5.70 Å². The largest absolute Gasteiger partial charge is 0.493 e. The molecule has 0 fully saturated rings. The lowest BCUT2D eigenvalue weighted by molar-refractivity contribution is -0.134. The van der Waals surface area contributed by atoms with Crippen LogP contribution in [0.25, 0.3) is 6.08 Å². The van der Waals surface area contributed by atoms with Crippen molar-refractivity contribution in [3.63, 3.8) is 0 Å². The molecule has 6 nitrogen and oxygen atoms in total. The molecule has 1 rings (SSSR count). The Morgan fingerprint density at radius 1 is 1.26 bits per heavy atom. The van der Waals surface area contributed by atoms with Gasteiger partial charge in [-0.15, -0.1) is 0 Å². The highest BCUT2D eigenvalue weighted by atomic mass is 16.5. The molecule has 0 unspecified atom stereocenters. The van der Waals surface area contributed by atoms with E-state index in [9.17, 15) is 9.59 Å². The van der Waals surface area contributed by atoms with Crippen LogP contribution >= 0.6 is 0 Å². The maximum absolute atomic E-state index is 11.0. The lowest BCUT2D eigenvalue weighted by Crippen LogP contribution is -2.24. The smallest absolute Gasteiger partial charge is 0.352 e. The third-order valence-corrected chi connectivity index (χ3v) is 2.27. The zero-order valence-electron chi connectivity index (χ0n) is 10.9. The minimum atomic E-state index is -1.24. The van der Waals surface area contributed by atoms with Crippen LogP contribution in [-0.4, -0.2) is 31.2 Å². The van der Waals surface area contributed by atoms with Crippen LogP contribution in [0.2, 0.25) is 0 Å². The Kier molecular flexibility index (Phi) is 4.93. The standard InChI is InChI=1S/C13H15NO5/c1-8(15)14-10(13(16)17)7-9-5-4-6-11(18-2)12(9)19-3/h4-7H,1-3H3,(H,14,15)(H,16,17)/b10-7+. The molecule has 0 aliphatic heterocycles. The molecule has 1 amide bonds. The summed E-state index contributed by atoms with van der Waals surface area (Å²) in [5, 5.41) is 11.3. The number of carbonyl (C=O) groups excluding carboxylic acids is 1. The van der Waals surface area contributed by atoms with Crippen LogP contribution in [0.5, 0.6) is 11.5 Å². The quantitative estimate of drug-likeness (QED) is 0.783. The van der Waals surface area contributed by atoms with Gasteiger partial charge in [0.05, 0.1) is 14.2 Å². The summed E-state index contributed by atoms with van der Waals surface area (Å²) in [4.78, 5) is 22.0. The number of nitrogens with one attached hydrogen (secondary N) is 1. The highest BCUT2D eigenvalue weighted by Crippen LogP contribution is 2.31. The van der Waals surface area contributed by atoms with Gasteiger partial charge >= 0.3 is 5.97 Å². The van der Waals surface area contributed by atoms with Crippen molar-refractivity contribution in [2.24, 2.45) is 0 Å². The van der Waals surface area contributed by atoms with Gasteiger partial charge in [0.2, 0.25) is 5.91 Å². The van der Waals surface area contributed by atoms with Gasteiger partial charge in [0.15, 0.2) is 11.5 Å². The fourth-order valence-electron chi connectivity index (χ4n) is 1.52. The summed E-state index contributed by atoms with van der Waals surface area (Å²) in [6.45, 7) is 1.24. The number of rotatable bonds is 5. The summed E-state index contributed by atoms with van der Waals surface area (Å²) < 4.78 is 10.3. The van der Waals surface area contributed by atoms with Crippen LogP contribution in [0.15, 0.2) is 23.9 Å². The van der Waals surface area contributed by atoms with E-state index in [1.807, 2.05) is 0 Å². The maximum Gasteiger partial charge on any atom is 0.352 e. The lowest BCUT2D eigenvalue weighted by Gasteiger charge is -2.11. The van der Waals surface area contributed by atoms with Crippen molar-refractivity contribution < 1.29 is 24.2 Å². The summed E-state index contributed by atoms with van der Waals surface area (Å²) in [5.41, 5.74) is 0.257. The fraction of sp³-hybridized carbons (Fsp3) is 0.231. The van der Waals surface area contributed by atoms with Gasteiger partial charge in [-0.3, -0.25) is 4.79 Å². The highest BCUT2D eigenvalue weighted by molar-refractivity contribution is 5.96. The fourth-order valence-corrected chi connectivity index (χ4v) is 1.52. The van der Waals surface area contributed by atoms with Crippen molar-refractivity contribution >= 4 is 18.0 Å². The monoisotopic (exact) mass is 265 g/mol. The summed E-state index contributed by atoms with van der Waals surface area (Å²) in [6.07, 6.45) is 1.31. The van der Waals surface area contributed by atoms with E-state index in [0.717, 1.165) is 0 Å². The molecule has 1 aromatic carbocycles. The van der Waals surface area contributed by atoms with Crippen LogP contribution in [0.4, 0.5) is 0 Å². The van der Waals surface area contributed by atoms with Gasteiger partial charge in [-0.05, 0) is 12.1 Å². The first kappa shape index (κ1) is 14.6. The minimum Gasteiger partial charge on any atom is -0.493 e. The van der Waals surface area contributed by atoms with Crippen LogP contribution in [-0.2, 0) is 9.59 Å². The highest BCUT2D eigenvalue weighted by Gasteiger charge is 2.13. The van der Waals surface area contributed by atoms with Crippen LogP contribution in [0.3, 0.4) is 0 Å². The molecule has 1 aromatic rings. The molecule has 0 heterocycles. The van der Waals surface area contributed by atoms with E-state index in [1.54, 1.807) is 18.2 Å². The number of hydrogen-bond acceptors (Lipinski definition) is 4. The predicted molar refractivity (Wildman–Crippen MR) is 69.0 cm³/mol. The second-order valence-corrected chi connectivity index (χ2v) is 3.63. The maximum atomic E-state index is 11.0. The molecule has 2 N–H and O–H groups in total. The summed E-state index contributed by atoms with van der Waals surface area (Å²) >= 11 is 0. The Bertz CT molecular complexity index is 522. The topological polar surface area (TPSA) is 84.9 Å². The SMILES string of the molecule is COc1cccc(/C=C(/NC(C)=O)C(=O)O)c1OC. The molecular formula is C13H15NO5. The number of carboxylic acid groups (broad SMARTS) is 1. The van der Waals surface area contributed by atoms with Gasteiger partial charge in [-0.2, -0.15) is 0 Å². The second kappa shape index (κ2) is 6.44. The molecule has 0 aliphatic carbocycles. The molecule has 0 spiro atoms. The number of aliphatic carboxylic acids is 1. The zero-order valence-corrected chi connectivity index (χ0v) is 10.9. The molecule has 19 heavy (non-hydrogen) atoms. The molecule has 0 saturated carbocycles. The molecule has 0 saturated heterocycles. The molecule has 0 bridgehead atoms. The van der Waals surface area contributed by atoms with Crippen molar-refractivity contribution in [2.45, 2.75) is 6.92 Å². The Hall–Kier alpha value is -2.50. The molecule has 6 heteroatoms. The van der Waals surface area contributed by atoms with Crippen molar-refractivity contribution in [1.29, 1.82) is 0 Å². The van der Waals surface area contributed by atoms with Crippen molar-refractivity contribution in [3.8, 4) is 11.5 Å². The average Bonchev–Trinajstić information content (AvgIpc) is 2.36. The normalized spacial score (nSPS) is 10.8. The number of para-hydroxylation sites is 1. The number of carbonyl (C=O) groups is 2. The van der Waals surface area contributed by atoms with Gasteiger partial charge in [0, 0.05) is 12.5 Å². The molecule has 0 radical (unpaired) electrons. The van der Waals surface area contributed by atoms with E-state index < -0.39 is 11.9 Å². The van der Waals surface area contributed by atoms with Crippen LogP contribution in [0.1, 0.15) is 12.5 Å². The number of methoxy groups -OCH3 is 2. The summed E-state index contributed by atoms with van der Waals surface area (Å²) in [5.74, 6) is -0.825. The van der Waals surface area contributed by atoms with Crippen LogP contribution in [0, 0.1) is 0 Å². The minimum absolute atomic E-state index is 0.237. The van der Waals surface area contributed by atoms with Crippen molar-refractivity contribution in [2.75, 3.05) is 14.2 Å². The van der Waals surface area contributed by atoms with Gasteiger partial charge in [0.1, 0.15) is 5.70 Å². The number of hydrogen-bond donors (Lipinski definition) is 2. The van der Waals surface area contributed by atoms with Gasteiger partial charge in [-0.25, -0.2) is 4.79 Å². The predicted octanol–water partition coefficient (Wildman–Crippen LogP) is 1.27. The Morgan fingerprint density at radius 3 is 2.42 bits per heavy atom. The van der Waals surface area contributed by atoms with E-state index >= 15 is 0 Å². The average molecular weight is 265 g/mol. The first-order valence-corrected chi connectivity index (χ1v) is 5.43. The third kappa shape index (κ3) is 3.74. The first-order chi connectivity index (χ1) is 8.99. The van der Waals surface area contributed by atoms with Crippen molar-refractivity contribution in [1.82, 2.24) is 5.32 Å². The Balaban J connectivity index is 3.27.